The van der Waals surface area contributed by atoms with Crippen molar-refractivity contribution in [2.75, 3.05) is 7.11 Å². The molecule has 1 saturated carbocycles. The van der Waals surface area contributed by atoms with Crippen LogP contribution in [-0.2, 0) is 22.5 Å². The smallest absolute Gasteiger partial charge is 0.408 e. The van der Waals surface area contributed by atoms with Gasteiger partial charge in [0.05, 0.1) is 30.1 Å². The van der Waals surface area contributed by atoms with Crippen molar-refractivity contribution in [3.05, 3.63) is 107 Å². The molecule has 2 heterocycles. The van der Waals surface area contributed by atoms with Crippen molar-refractivity contribution in [3.63, 3.8) is 0 Å². The SMILES string of the molecule is COc1cc(C(=O)CCC(C)(O)c2cc(C(C)(C)NC(=O)OCc3ccccc3)cc(-c3ccc(Cl)nc3)n2)ccc1OC1CC1. The topological polar surface area (TPSA) is 120 Å². The number of hydrogen-bond acceptors (Lipinski definition) is 8. The van der Waals surface area contributed by atoms with Crippen LogP contribution in [0, 0.1) is 0 Å². The van der Waals surface area contributed by atoms with E-state index in [2.05, 4.69) is 10.3 Å². The fourth-order valence-corrected chi connectivity index (χ4v) is 4.97. The second kappa shape index (κ2) is 13.9. The molecule has 4 aromatic rings. The largest absolute Gasteiger partial charge is 0.493 e. The summed E-state index contributed by atoms with van der Waals surface area (Å²) >= 11 is 6.03. The fourth-order valence-electron chi connectivity index (χ4n) is 4.86. The average molecular weight is 644 g/mol. The van der Waals surface area contributed by atoms with Crippen LogP contribution in [0.3, 0.4) is 0 Å². The lowest BCUT2D eigenvalue weighted by atomic mass is 9.87. The number of amides is 1. The van der Waals surface area contributed by atoms with E-state index in [4.69, 9.17) is 30.8 Å². The summed E-state index contributed by atoms with van der Waals surface area (Å²) in [6, 6.07) is 21.5. The molecule has 1 aliphatic carbocycles. The predicted octanol–water partition coefficient (Wildman–Crippen LogP) is 7.38. The molecule has 2 N–H and O–H groups in total. The molecule has 0 saturated heterocycles. The highest BCUT2D eigenvalue weighted by Gasteiger charge is 2.32. The molecule has 1 aliphatic rings. The van der Waals surface area contributed by atoms with E-state index in [0.29, 0.717) is 44.7 Å². The molecule has 10 heteroatoms. The van der Waals surface area contributed by atoms with Crippen LogP contribution in [0.2, 0.25) is 5.15 Å². The third-order valence-electron chi connectivity index (χ3n) is 7.89. The van der Waals surface area contributed by atoms with E-state index in [1.165, 1.54) is 0 Å². The number of hydrogen-bond donors (Lipinski definition) is 2. The number of nitrogens with zero attached hydrogens (tertiary/aromatic N) is 2. The van der Waals surface area contributed by atoms with Gasteiger partial charge in [-0.1, -0.05) is 41.9 Å². The highest BCUT2D eigenvalue weighted by atomic mass is 35.5. The standard InChI is InChI=1S/C36H38ClN3O6/c1-35(2,40-34(42)45-22-23-8-6-5-7-9-23)26-19-28(25-11-15-33(37)38-21-25)39-32(20-26)36(3,43)17-16-29(41)24-10-14-30(31(18-24)44-4)46-27-12-13-27/h5-11,14-15,18-21,27,43H,12-13,16-17,22H2,1-4H3,(H,40,42). The molecule has 5 rings (SSSR count). The minimum Gasteiger partial charge on any atom is -0.493 e. The van der Waals surface area contributed by atoms with Gasteiger partial charge in [-0.3, -0.25) is 4.79 Å². The van der Waals surface area contributed by atoms with Crippen LogP contribution >= 0.6 is 11.6 Å². The van der Waals surface area contributed by atoms with Crippen LogP contribution in [0.5, 0.6) is 11.5 Å². The Hall–Kier alpha value is -4.47. The minimum absolute atomic E-state index is 0.0518. The average Bonchev–Trinajstić information content (AvgIpc) is 3.87. The van der Waals surface area contributed by atoms with Crippen molar-refractivity contribution < 1.29 is 28.9 Å². The summed E-state index contributed by atoms with van der Waals surface area (Å²) < 4.78 is 16.8. The Kier molecular flexibility index (Phi) is 9.94. The highest BCUT2D eigenvalue weighted by Crippen LogP contribution is 2.36. The number of alkyl carbamates (subject to hydrolysis) is 1. The molecule has 0 bridgehead atoms. The maximum Gasteiger partial charge on any atom is 0.408 e. The van der Waals surface area contributed by atoms with E-state index >= 15 is 0 Å². The molecule has 240 valence electrons. The van der Waals surface area contributed by atoms with Gasteiger partial charge in [0.2, 0.25) is 0 Å². The molecule has 1 unspecified atom stereocenters. The summed E-state index contributed by atoms with van der Waals surface area (Å²) in [5, 5.41) is 15.0. The van der Waals surface area contributed by atoms with Gasteiger partial charge in [0.25, 0.3) is 0 Å². The maximum atomic E-state index is 13.3. The number of Topliss-reactive ketones (excluding diaryl/α,β-unsaturated/α-hetero) is 1. The zero-order chi connectivity index (χ0) is 32.9. The zero-order valence-corrected chi connectivity index (χ0v) is 27.1. The molecular weight excluding hydrogens is 606 g/mol. The first kappa shape index (κ1) is 32.9. The predicted molar refractivity (Wildman–Crippen MR) is 175 cm³/mol. The molecular formula is C36H38ClN3O6. The van der Waals surface area contributed by atoms with Gasteiger partial charge in [0, 0.05) is 23.7 Å². The first-order valence-electron chi connectivity index (χ1n) is 15.2. The quantitative estimate of drug-likeness (QED) is 0.114. The number of aliphatic hydroxyl groups is 1. The number of pyridine rings is 2. The van der Waals surface area contributed by atoms with Crippen LogP contribution in [0.1, 0.15) is 73.6 Å². The van der Waals surface area contributed by atoms with E-state index in [1.807, 2.05) is 50.2 Å². The van der Waals surface area contributed by atoms with E-state index in [9.17, 15) is 14.7 Å². The monoisotopic (exact) mass is 643 g/mol. The van der Waals surface area contributed by atoms with Crippen molar-refractivity contribution in [3.8, 4) is 22.8 Å². The molecule has 2 aromatic heterocycles. The van der Waals surface area contributed by atoms with Crippen molar-refractivity contribution in [1.29, 1.82) is 0 Å². The number of ether oxygens (including phenoxy) is 3. The fraction of sp³-hybridized carbons (Fsp3) is 0.333. The van der Waals surface area contributed by atoms with Crippen molar-refractivity contribution in [1.82, 2.24) is 15.3 Å². The number of carbonyl (C=O) groups is 2. The lowest BCUT2D eigenvalue weighted by Gasteiger charge is -2.30. The Morgan fingerprint density at radius 2 is 1.76 bits per heavy atom. The Morgan fingerprint density at radius 1 is 1.00 bits per heavy atom. The zero-order valence-electron chi connectivity index (χ0n) is 26.4. The molecule has 1 atom stereocenters. The van der Waals surface area contributed by atoms with Crippen molar-refractivity contribution in [2.24, 2.45) is 0 Å². The van der Waals surface area contributed by atoms with Crippen LogP contribution in [0.25, 0.3) is 11.3 Å². The van der Waals surface area contributed by atoms with E-state index in [-0.39, 0.29) is 31.3 Å². The third kappa shape index (κ3) is 8.41. The van der Waals surface area contributed by atoms with Crippen LogP contribution in [0.15, 0.2) is 79.0 Å². The molecule has 46 heavy (non-hydrogen) atoms. The number of aromatic nitrogens is 2. The summed E-state index contributed by atoms with van der Waals surface area (Å²) in [4.78, 5) is 35.0. The first-order valence-corrected chi connectivity index (χ1v) is 15.6. The van der Waals surface area contributed by atoms with Gasteiger partial charge in [0.15, 0.2) is 17.3 Å². The molecule has 2 aromatic carbocycles. The summed E-state index contributed by atoms with van der Waals surface area (Å²) in [5.41, 5.74) is 1.10. The van der Waals surface area contributed by atoms with Gasteiger partial charge in [-0.2, -0.15) is 0 Å². The van der Waals surface area contributed by atoms with Crippen LogP contribution in [0.4, 0.5) is 4.79 Å². The maximum absolute atomic E-state index is 13.3. The summed E-state index contributed by atoms with van der Waals surface area (Å²) in [6.07, 6.45) is 3.36. The van der Waals surface area contributed by atoms with Crippen LogP contribution < -0.4 is 14.8 Å². The Morgan fingerprint density at radius 3 is 2.43 bits per heavy atom. The van der Waals surface area contributed by atoms with Gasteiger partial charge in [0.1, 0.15) is 17.4 Å². The van der Waals surface area contributed by atoms with Crippen LogP contribution in [-0.4, -0.2) is 40.2 Å². The number of methoxy groups -OCH3 is 1. The number of ketones is 1. The molecule has 1 fully saturated rings. The summed E-state index contributed by atoms with van der Waals surface area (Å²) in [7, 11) is 1.54. The minimum atomic E-state index is -1.50. The summed E-state index contributed by atoms with van der Waals surface area (Å²) in [5.74, 6) is 0.953. The van der Waals surface area contributed by atoms with Gasteiger partial charge < -0.3 is 24.6 Å². The Bertz CT molecular complexity index is 1690. The third-order valence-corrected chi connectivity index (χ3v) is 8.12. The van der Waals surface area contributed by atoms with E-state index in [0.717, 1.165) is 18.4 Å². The van der Waals surface area contributed by atoms with E-state index < -0.39 is 17.2 Å². The molecule has 0 aliphatic heterocycles. The molecule has 0 radical (unpaired) electrons. The Balaban J connectivity index is 1.36. The number of carbonyl (C=O) groups excluding carboxylic acids is 2. The van der Waals surface area contributed by atoms with Crippen molar-refractivity contribution in [2.45, 2.75) is 70.3 Å². The Labute approximate surface area is 273 Å². The van der Waals surface area contributed by atoms with Gasteiger partial charge in [-0.15, -0.1) is 0 Å². The second-order valence-corrected chi connectivity index (χ2v) is 12.6. The van der Waals surface area contributed by atoms with Gasteiger partial charge >= 0.3 is 6.09 Å². The van der Waals surface area contributed by atoms with Gasteiger partial charge in [-0.25, -0.2) is 14.8 Å². The van der Waals surface area contributed by atoms with Crippen molar-refractivity contribution >= 4 is 23.5 Å². The molecule has 0 spiro atoms. The van der Waals surface area contributed by atoms with Gasteiger partial charge in [-0.05, 0) is 93.6 Å². The summed E-state index contributed by atoms with van der Waals surface area (Å²) in [6.45, 7) is 5.42. The normalized spacial score (nSPS) is 14.2. The lowest BCUT2D eigenvalue weighted by molar-refractivity contribution is 0.0396. The lowest BCUT2D eigenvalue weighted by Crippen LogP contribution is -2.41. The molecule has 1 amide bonds. The number of benzene rings is 2. The number of nitrogens with one attached hydrogen (secondary N) is 1. The van der Waals surface area contributed by atoms with E-state index in [1.54, 1.807) is 56.6 Å². The highest BCUT2D eigenvalue weighted by molar-refractivity contribution is 6.29. The number of halogens is 1. The second-order valence-electron chi connectivity index (χ2n) is 12.2. The number of rotatable bonds is 13. The molecule has 9 nitrogen and oxygen atoms in total. The first-order chi connectivity index (χ1) is 21.9.